The maximum absolute atomic E-state index is 6.11. The minimum atomic E-state index is 0.0443. The van der Waals surface area contributed by atoms with Crippen molar-refractivity contribution in [3.05, 3.63) is 28.2 Å². The first kappa shape index (κ1) is 11.9. The lowest BCUT2D eigenvalue weighted by Crippen LogP contribution is -2.28. The monoisotopic (exact) mass is 284 g/mol. The van der Waals surface area contributed by atoms with E-state index >= 15 is 0 Å². The van der Waals surface area contributed by atoms with E-state index in [0.29, 0.717) is 6.04 Å². The van der Waals surface area contributed by atoms with Crippen LogP contribution in [0.15, 0.2) is 22.7 Å². The first-order chi connectivity index (χ1) is 7.70. The fourth-order valence-corrected chi connectivity index (χ4v) is 2.17. The van der Waals surface area contributed by atoms with Crippen LogP contribution in [0, 0.1) is 0 Å². The van der Waals surface area contributed by atoms with E-state index in [0.717, 1.165) is 22.3 Å². The SMILES string of the molecule is COc1ccc(C(N)CNC2CC2)cc1Br. The van der Waals surface area contributed by atoms with E-state index in [9.17, 15) is 0 Å². The molecule has 0 spiro atoms. The molecule has 0 saturated heterocycles. The quantitative estimate of drug-likeness (QED) is 0.872. The molecule has 0 aromatic heterocycles. The molecule has 1 unspecified atom stereocenters. The van der Waals surface area contributed by atoms with Gasteiger partial charge in [-0.3, -0.25) is 0 Å². The fraction of sp³-hybridized carbons (Fsp3) is 0.500. The van der Waals surface area contributed by atoms with Gasteiger partial charge in [0, 0.05) is 18.6 Å². The van der Waals surface area contributed by atoms with Gasteiger partial charge in [-0.1, -0.05) is 6.07 Å². The maximum atomic E-state index is 6.11. The number of rotatable bonds is 5. The molecule has 1 saturated carbocycles. The normalized spacial score (nSPS) is 17.2. The van der Waals surface area contributed by atoms with Crippen LogP contribution in [-0.2, 0) is 0 Å². The predicted octanol–water partition coefficient (Wildman–Crippen LogP) is 2.21. The Balaban J connectivity index is 1.98. The Labute approximate surface area is 104 Å². The number of nitrogens with one attached hydrogen (secondary N) is 1. The summed E-state index contributed by atoms with van der Waals surface area (Å²) in [5.41, 5.74) is 7.23. The van der Waals surface area contributed by atoms with E-state index in [1.807, 2.05) is 18.2 Å². The highest BCUT2D eigenvalue weighted by Gasteiger charge is 2.21. The van der Waals surface area contributed by atoms with Crippen LogP contribution in [0.5, 0.6) is 5.75 Å². The van der Waals surface area contributed by atoms with Gasteiger partial charge >= 0.3 is 0 Å². The molecule has 1 fully saturated rings. The van der Waals surface area contributed by atoms with Crippen LogP contribution in [0.1, 0.15) is 24.4 Å². The second-order valence-electron chi connectivity index (χ2n) is 4.18. The molecular weight excluding hydrogens is 268 g/mol. The van der Waals surface area contributed by atoms with E-state index in [1.165, 1.54) is 12.8 Å². The highest BCUT2D eigenvalue weighted by Crippen LogP contribution is 2.27. The molecule has 1 aromatic rings. The second kappa shape index (κ2) is 5.17. The number of halogens is 1. The molecular formula is C12H17BrN2O. The number of nitrogens with two attached hydrogens (primary N) is 1. The molecule has 0 radical (unpaired) electrons. The summed E-state index contributed by atoms with van der Waals surface area (Å²) in [6.45, 7) is 0.837. The molecule has 0 heterocycles. The Kier molecular flexibility index (Phi) is 3.84. The van der Waals surface area contributed by atoms with Crippen molar-refractivity contribution in [3.63, 3.8) is 0 Å². The third-order valence-corrected chi connectivity index (χ3v) is 3.43. The first-order valence-corrected chi connectivity index (χ1v) is 6.32. The summed E-state index contributed by atoms with van der Waals surface area (Å²) < 4.78 is 6.14. The minimum Gasteiger partial charge on any atom is -0.496 e. The number of hydrogen-bond donors (Lipinski definition) is 2. The molecule has 16 heavy (non-hydrogen) atoms. The number of hydrogen-bond acceptors (Lipinski definition) is 3. The van der Waals surface area contributed by atoms with Gasteiger partial charge in [0.1, 0.15) is 5.75 Å². The zero-order valence-electron chi connectivity index (χ0n) is 9.37. The van der Waals surface area contributed by atoms with Crippen LogP contribution in [0.3, 0.4) is 0 Å². The minimum absolute atomic E-state index is 0.0443. The zero-order chi connectivity index (χ0) is 11.5. The smallest absolute Gasteiger partial charge is 0.133 e. The second-order valence-corrected chi connectivity index (χ2v) is 5.04. The Hall–Kier alpha value is -0.580. The Morgan fingerprint density at radius 2 is 2.31 bits per heavy atom. The summed E-state index contributed by atoms with van der Waals surface area (Å²) in [6, 6.07) is 6.73. The molecule has 3 nitrogen and oxygen atoms in total. The van der Waals surface area contributed by atoms with Gasteiger partial charge in [-0.25, -0.2) is 0 Å². The largest absolute Gasteiger partial charge is 0.496 e. The van der Waals surface area contributed by atoms with Gasteiger partial charge in [-0.15, -0.1) is 0 Å². The molecule has 2 rings (SSSR count). The molecule has 1 aromatic carbocycles. The maximum Gasteiger partial charge on any atom is 0.133 e. The summed E-state index contributed by atoms with van der Waals surface area (Å²) >= 11 is 3.47. The molecule has 1 aliphatic rings. The lowest BCUT2D eigenvalue weighted by Gasteiger charge is -2.14. The Morgan fingerprint density at radius 3 is 2.88 bits per heavy atom. The van der Waals surface area contributed by atoms with Crippen LogP contribution in [0.25, 0.3) is 0 Å². The van der Waals surface area contributed by atoms with Gasteiger partial charge in [0.25, 0.3) is 0 Å². The Bertz CT molecular complexity index is 366. The van der Waals surface area contributed by atoms with Crippen LogP contribution in [0.2, 0.25) is 0 Å². The standard InChI is InChI=1S/C12H17BrN2O/c1-16-12-5-2-8(6-10(12)13)11(14)7-15-9-3-4-9/h2,5-6,9,11,15H,3-4,7,14H2,1H3. The fourth-order valence-electron chi connectivity index (χ4n) is 1.61. The van der Waals surface area contributed by atoms with Crippen molar-refractivity contribution in [2.75, 3.05) is 13.7 Å². The summed E-state index contributed by atoms with van der Waals surface area (Å²) in [6.07, 6.45) is 2.58. The third-order valence-electron chi connectivity index (χ3n) is 2.81. The summed E-state index contributed by atoms with van der Waals surface area (Å²) in [5.74, 6) is 0.839. The molecule has 4 heteroatoms. The Morgan fingerprint density at radius 1 is 1.56 bits per heavy atom. The topological polar surface area (TPSA) is 47.3 Å². The van der Waals surface area contributed by atoms with Crippen molar-refractivity contribution in [1.29, 1.82) is 0 Å². The summed E-state index contributed by atoms with van der Waals surface area (Å²) in [4.78, 5) is 0. The molecule has 1 atom stereocenters. The zero-order valence-corrected chi connectivity index (χ0v) is 11.0. The van der Waals surface area contributed by atoms with Crippen molar-refractivity contribution in [3.8, 4) is 5.75 Å². The van der Waals surface area contributed by atoms with Crippen molar-refractivity contribution in [1.82, 2.24) is 5.32 Å². The first-order valence-electron chi connectivity index (χ1n) is 5.53. The van der Waals surface area contributed by atoms with Crippen LogP contribution in [-0.4, -0.2) is 19.7 Å². The van der Waals surface area contributed by atoms with Crippen molar-refractivity contribution in [2.45, 2.75) is 24.9 Å². The molecule has 3 N–H and O–H groups in total. The van der Waals surface area contributed by atoms with Gasteiger partial charge in [0.05, 0.1) is 11.6 Å². The number of ether oxygens (including phenoxy) is 1. The molecule has 0 amide bonds. The summed E-state index contributed by atoms with van der Waals surface area (Å²) in [5, 5.41) is 3.43. The molecule has 88 valence electrons. The van der Waals surface area contributed by atoms with Crippen LogP contribution < -0.4 is 15.8 Å². The van der Waals surface area contributed by atoms with E-state index in [-0.39, 0.29) is 6.04 Å². The van der Waals surface area contributed by atoms with Gasteiger partial charge in [0.2, 0.25) is 0 Å². The predicted molar refractivity (Wildman–Crippen MR) is 68.6 cm³/mol. The van der Waals surface area contributed by atoms with Crippen molar-refractivity contribution in [2.24, 2.45) is 5.73 Å². The highest BCUT2D eigenvalue weighted by atomic mass is 79.9. The highest BCUT2D eigenvalue weighted by molar-refractivity contribution is 9.10. The van der Waals surface area contributed by atoms with Gasteiger partial charge in [-0.05, 0) is 46.5 Å². The molecule has 0 aliphatic heterocycles. The van der Waals surface area contributed by atoms with E-state index < -0.39 is 0 Å². The third kappa shape index (κ3) is 2.97. The van der Waals surface area contributed by atoms with Crippen LogP contribution >= 0.6 is 15.9 Å². The van der Waals surface area contributed by atoms with Crippen molar-refractivity contribution < 1.29 is 4.74 Å². The van der Waals surface area contributed by atoms with Crippen molar-refractivity contribution >= 4 is 15.9 Å². The molecule has 0 bridgehead atoms. The number of benzene rings is 1. The summed E-state index contributed by atoms with van der Waals surface area (Å²) in [7, 11) is 1.66. The van der Waals surface area contributed by atoms with E-state index in [4.69, 9.17) is 10.5 Å². The number of methoxy groups -OCH3 is 1. The molecule has 1 aliphatic carbocycles. The van der Waals surface area contributed by atoms with Gasteiger partial charge in [0.15, 0.2) is 0 Å². The van der Waals surface area contributed by atoms with E-state index in [1.54, 1.807) is 7.11 Å². The average molecular weight is 285 g/mol. The van der Waals surface area contributed by atoms with Gasteiger partial charge in [-0.2, -0.15) is 0 Å². The van der Waals surface area contributed by atoms with Crippen LogP contribution in [0.4, 0.5) is 0 Å². The van der Waals surface area contributed by atoms with Gasteiger partial charge < -0.3 is 15.8 Å². The lowest BCUT2D eigenvalue weighted by atomic mass is 10.1. The van der Waals surface area contributed by atoms with E-state index in [2.05, 4.69) is 21.2 Å². The average Bonchev–Trinajstić information content (AvgIpc) is 3.09. The lowest BCUT2D eigenvalue weighted by molar-refractivity contribution is 0.411.